The zero-order chi connectivity index (χ0) is 19.5. The largest absolute Gasteiger partial charge is 0.497 e. The Hall–Kier alpha value is -3.25. The number of thioether (sulfide) groups is 1. The second-order valence-corrected chi connectivity index (χ2v) is 7.30. The second kappa shape index (κ2) is 7.78. The third-order valence-electron chi connectivity index (χ3n) is 4.40. The van der Waals surface area contributed by atoms with Crippen LogP contribution in [0, 0.1) is 6.92 Å². The van der Waals surface area contributed by atoms with Gasteiger partial charge in [0, 0.05) is 17.6 Å². The van der Waals surface area contributed by atoms with Crippen LogP contribution in [0.25, 0.3) is 11.8 Å². The van der Waals surface area contributed by atoms with Gasteiger partial charge in [0.2, 0.25) is 0 Å². The molecule has 0 spiro atoms. The Morgan fingerprint density at radius 3 is 2.61 bits per heavy atom. The Labute approximate surface area is 167 Å². The number of methoxy groups -OCH3 is 1. The van der Waals surface area contributed by atoms with Crippen LogP contribution in [-0.2, 0) is 4.79 Å². The zero-order valence-electron chi connectivity index (χ0n) is 15.5. The van der Waals surface area contributed by atoms with E-state index in [1.165, 1.54) is 11.8 Å². The smallest absolute Gasteiger partial charge is 0.264 e. The van der Waals surface area contributed by atoms with Crippen molar-refractivity contribution in [2.75, 3.05) is 7.11 Å². The van der Waals surface area contributed by atoms with Gasteiger partial charge in [0.15, 0.2) is 5.17 Å². The summed E-state index contributed by atoms with van der Waals surface area (Å²) in [6.07, 6.45) is 3.85. The van der Waals surface area contributed by atoms with Crippen molar-refractivity contribution in [2.45, 2.75) is 6.92 Å². The fourth-order valence-electron chi connectivity index (χ4n) is 2.90. The van der Waals surface area contributed by atoms with E-state index in [4.69, 9.17) is 4.74 Å². The molecule has 2 aromatic carbocycles. The lowest BCUT2D eigenvalue weighted by molar-refractivity contribution is -0.115. The molecular formula is C22H19N3O2S. The highest BCUT2D eigenvalue weighted by Gasteiger charge is 2.24. The summed E-state index contributed by atoms with van der Waals surface area (Å²) in [6, 6.07) is 19.6. The molecule has 1 N–H and O–H groups in total. The molecule has 2 heterocycles. The first kappa shape index (κ1) is 18.1. The highest BCUT2D eigenvalue weighted by Crippen LogP contribution is 2.29. The lowest BCUT2D eigenvalue weighted by Crippen LogP contribution is -2.19. The van der Waals surface area contributed by atoms with E-state index < -0.39 is 0 Å². The molecule has 1 saturated heterocycles. The number of benzene rings is 2. The van der Waals surface area contributed by atoms with E-state index in [-0.39, 0.29) is 5.91 Å². The summed E-state index contributed by atoms with van der Waals surface area (Å²) >= 11 is 1.35. The van der Waals surface area contributed by atoms with Crippen LogP contribution in [0.15, 0.2) is 76.8 Å². The molecule has 0 bridgehead atoms. The number of nitrogens with zero attached hydrogens (tertiary/aromatic N) is 2. The summed E-state index contributed by atoms with van der Waals surface area (Å²) in [4.78, 5) is 17.6. The monoisotopic (exact) mass is 389 g/mol. The Balaban J connectivity index is 1.61. The van der Waals surface area contributed by atoms with Crippen LogP contribution >= 0.6 is 11.8 Å². The maximum Gasteiger partial charge on any atom is 0.264 e. The van der Waals surface area contributed by atoms with E-state index in [9.17, 15) is 4.79 Å². The molecule has 0 aliphatic carbocycles. The number of para-hydroxylation sites is 1. The molecule has 0 saturated carbocycles. The number of aliphatic imine (C=N–C) groups is 1. The lowest BCUT2D eigenvalue weighted by atomic mass is 10.2. The molecule has 1 fully saturated rings. The van der Waals surface area contributed by atoms with Crippen molar-refractivity contribution in [3.63, 3.8) is 0 Å². The predicted octanol–water partition coefficient (Wildman–Crippen LogP) is 4.69. The molecule has 1 aliphatic heterocycles. The molecule has 1 aliphatic rings. The van der Waals surface area contributed by atoms with Crippen LogP contribution < -0.4 is 10.1 Å². The van der Waals surface area contributed by atoms with Crippen LogP contribution in [0.3, 0.4) is 0 Å². The lowest BCUT2D eigenvalue weighted by Gasteiger charge is -2.08. The molecule has 0 atom stereocenters. The molecule has 6 heteroatoms. The van der Waals surface area contributed by atoms with Gasteiger partial charge in [-0.3, -0.25) is 4.79 Å². The van der Waals surface area contributed by atoms with E-state index in [2.05, 4.69) is 10.3 Å². The van der Waals surface area contributed by atoms with Gasteiger partial charge in [-0.05, 0) is 72.8 Å². The van der Waals surface area contributed by atoms with E-state index in [1.807, 2.05) is 84.4 Å². The van der Waals surface area contributed by atoms with Crippen molar-refractivity contribution < 1.29 is 9.53 Å². The van der Waals surface area contributed by atoms with E-state index in [1.54, 1.807) is 7.11 Å². The highest BCUT2D eigenvalue weighted by atomic mass is 32.2. The summed E-state index contributed by atoms with van der Waals surface area (Å²) in [5.74, 6) is 0.665. The molecule has 0 radical (unpaired) electrons. The number of hydrogen-bond donors (Lipinski definition) is 1. The third-order valence-corrected chi connectivity index (χ3v) is 5.31. The number of rotatable bonds is 4. The van der Waals surface area contributed by atoms with Gasteiger partial charge in [-0.1, -0.05) is 18.2 Å². The average Bonchev–Trinajstić information content (AvgIpc) is 3.30. The third kappa shape index (κ3) is 3.73. The van der Waals surface area contributed by atoms with Gasteiger partial charge in [-0.25, -0.2) is 4.99 Å². The number of hydrogen-bond acceptors (Lipinski definition) is 4. The van der Waals surface area contributed by atoms with Gasteiger partial charge in [0.25, 0.3) is 5.91 Å². The van der Waals surface area contributed by atoms with Gasteiger partial charge in [0.05, 0.1) is 17.7 Å². The number of aromatic nitrogens is 1. The van der Waals surface area contributed by atoms with Gasteiger partial charge < -0.3 is 14.6 Å². The van der Waals surface area contributed by atoms with Gasteiger partial charge in [-0.15, -0.1) is 0 Å². The molecular weight excluding hydrogens is 370 g/mol. The summed E-state index contributed by atoms with van der Waals surface area (Å²) in [7, 11) is 1.65. The summed E-state index contributed by atoms with van der Waals surface area (Å²) in [5.41, 5.74) is 3.83. The molecule has 0 unspecified atom stereocenters. The first-order valence-corrected chi connectivity index (χ1v) is 9.63. The van der Waals surface area contributed by atoms with Gasteiger partial charge >= 0.3 is 0 Å². The maximum absolute atomic E-state index is 12.4. The van der Waals surface area contributed by atoms with Crippen molar-refractivity contribution in [1.29, 1.82) is 0 Å². The van der Waals surface area contributed by atoms with Crippen molar-refractivity contribution in [3.05, 3.63) is 83.0 Å². The fourth-order valence-corrected chi connectivity index (χ4v) is 3.72. The zero-order valence-corrected chi connectivity index (χ0v) is 16.4. The van der Waals surface area contributed by atoms with Crippen molar-refractivity contribution in [3.8, 4) is 11.4 Å². The van der Waals surface area contributed by atoms with Crippen molar-refractivity contribution >= 4 is 34.6 Å². The van der Waals surface area contributed by atoms with Gasteiger partial charge in [-0.2, -0.15) is 0 Å². The first-order chi connectivity index (χ1) is 13.6. The SMILES string of the molecule is COc1ccc(-n2cccc2/C=C2\SC(=Nc3ccccc3C)NC2=O)cc1. The van der Waals surface area contributed by atoms with Crippen LogP contribution in [0.1, 0.15) is 11.3 Å². The number of amidine groups is 1. The van der Waals surface area contributed by atoms with Crippen molar-refractivity contribution in [2.24, 2.45) is 4.99 Å². The number of nitrogens with one attached hydrogen (secondary N) is 1. The van der Waals surface area contributed by atoms with Crippen LogP contribution in [0.5, 0.6) is 5.75 Å². The van der Waals surface area contributed by atoms with Crippen molar-refractivity contribution in [1.82, 2.24) is 9.88 Å². The molecule has 4 rings (SSSR count). The Kier molecular flexibility index (Phi) is 5.04. The van der Waals surface area contributed by atoms with E-state index >= 15 is 0 Å². The Bertz CT molecular complexity index is 1080. The van der Waals surface area contributed by atoms with Gasteiger partial charge in [0.1, 0.15) is 5.75 Å². The second-order valence-electron chi connectivity index (χ2n) is 6.27. The summed E-state index contributed by atoms with van der Waals surface area (Å²) in [5, 5.41) is 3.44. The molecule has 1 amide bonds. The topological polar surface area (TPSA) is 55.6 Å². The minimum Gasteiger partial charge on any atom is -0.497 e. The van der Waals surface area contributed by atoms with Crippen LogP contribution in [0.2, 0.25) is 0 Å². The Morgan fingerprint density at radius 1 is 1.07 bits per heavy atom. The van der Waals surface area contributed by atoms with Crippen LogP contribution in [-0.4, -0.2) is 22.8 Å². The van der Waals surface area contributed by atoms with E-state index in [0.717, 1.165) is 28.4 Å². The van der Waals surface area contributed by atoms with Crippen LogP contribution in [0.4, 0.5) is 5.69 Å². The summed E-state index contributed by atoms with van der Waals surface area (Å²) < 4.78 is 7.24. The minimum atomic E-state index is -0.139. The molecule has 28 heavy (non-hydrogen) atoms. The maximum atomic E-state index is 12.4. The summed E-state index contributed by atoms with van der Waals surface area (Å²) in [6.45, 7) is 2.00. The average molecular weight is 389 g/mol. The number of amides is 1. The molecule has 140 valence electrons. The molecule has 1 aromatic heterocycles. The quantitative estimate of drug-likeness (QED) is 0.659. The minimum absolute atomic E-state index is 0.139. The Morgan fingerprint density at radius 2 is 1.86 bits per heavy atom. The predicted molar refractivity (Wildman–Crippen MR) is 114 cm³/mol. The number of ether oxygens (including phenoxy) is 1. The highest BCUT2D eigenvalue weighted by molar-refractivity contribution is 8.18. The number of carbonyl (C=O) groups excluding carboxylic acids is 1. The number of aryl methyl sites for hydroxylation is 1. The standard InChI is InChI=1S/C22H19N3O2S/c1-15-6-3-4-8-19(15)23-22-24-21(26)20(28-22)14-17-7-5-13-25(17)16-9-11-18(27-2)12-10-16/h3-14H,1-2H3,(H,23,24,26)/b20-14-. The fraction of sp³-hybridized carbons (Fsp3) is 0.0909. The normalized spacial score (nSPS) is 16.6. The molecule has 3 aromatic rings. The first-order valence-electron chi connectivity index (χ1n) is 8.81. The van der Waals surface area contributed by atoms with E-state index in [0.29, 0.717) is 10.1 Å². The number of carbonyl (C=O) groups is 1. The molecule has 5 nitrogen and oxygen atoms in total.